The van der Waals surface area contributed by atoms with E-state index in [0.717, 1.165) is 45.0 Å². The Balaban J connectivity index is 0.899. The zero-order valence-corrected chi connectivity index (χ0v) is 43.4. The zero-order chi connectivity index (χ0) is 53.4. The van der Waals surface area contributed by atoms with Gasteiger partial charge in [0.05, 0.1) is 44.4 Å². The molecule has 7 aromatic rings. The Morgan fingerprint density at radius 3 is 1.44 bits per heavy atom. The van der Waals surface area contributed by atoms with E-state index in [4.69, 9.17) is 18.9 Å². The molecule has 0 aliphatic carbocycles. The molecule has 0 saturated heterocycles. The number of carbonyl (C=O) groups excluding carboxylic acids is 3. The van der Waals surface area contributed by atoms with Crippen molar-refractivity contribution in [3.8, 4) is 22.6 Å². The molecule has 0 aliphatic heterocycles. The van der Waals surface area contributed by atoms with Gasteiger partial charge in [-0.2, -0.15) is 0 Å². The van der Waals surface area contributed by atoms with E-state index in [9.17, 15) is 23.2 Å². The summed E-state index contributed by atoms with van der Waals surface area (Å²) in [5.74, 6) is -0.634. The van der Waals surface area contributed by atoms with Gasteiger partial charge in [-0.05, 0) is 178 Å². The van der Waals surface area contributed by atoms with Crippen LogP contribution < -0.4 is 19.3 Å². The van der Waals surface area contributed by atoms with E-state index in [1.807, 2.05) is 146 Å². The number of ether oxygens (including phenoxy) is 5. The van der Waals surface area contributed by atoms with E-state index in [2.05, 4.69) is 10.8 Å². The van der Waals surface area contributed by atoms with Crippen molar-refractivity contribution in [1.82, 2.24) is 0 Å². The van der Waals surface area contributed by atoms with Crippen LogP contribution in [0.2, 0.25) is 0 Å². The lowest BCUT2D eigenvalue weighted by atomic mass is 9.72. The van der Waals surface area contributed by atoms with E-state index in [1.54, 1.807) is 44.2 Å². The third-order valence-electron chi connectivity index (χ3n) is 12.8. The van der Waals surface area contributed by atoms with Crippen molar-refractivity contribution in [2.75, 3.05) is 43.3 Å². The fourth-order valence-electron chi connectivity index (χ4n) is 8.68. The summed E-state index contributed by atoms with van der Waals surface area (Å²) in [6.07, 6.45) is 4.62. The van der Waals surface area contributed by atoms with Crippen LogP contribution in [-0.4, -0.2) is 51.4 Å². The number of benzene rings is 7. The number of nitrogens with zero attached hydrogens (tertiary/aromatic N) is 2. The van der Waals surface area contributed by atoms with Crippen LogP contribution in [-0.2, 0) is 28.6 Å². The molecule has 0 aromatic heterocycles. The topological polar surface area (TPSA) is 104 Å². The Labute approximate surface area is 439 Å². The smallest absolute Gasteiger partial charge is 0.330 e. The Morgan fingerprint density at radius 1 is 0.533 bits per heavy atom. The van der Waals surface area contributed by atoms with Crippen molar-refractivity contribution >= 4 is 58.1 Å². The maximum Gasteiger partial charge on any atom is 0.330 e. The molecule has 0 heterocycles. The molecule has 10 nitrogen and oxygen atoms in total. The molecule has 388 valence electrons. The predicted molar refractivity (Wildman–Crippen MR) is 292 cm³/mol. The van der Waals surface area contributed by atoms with E-state index in [1.165, 1.54) is 37.5 Å². The quantitative estimate of drug-likeness (QED) is 0.0252. The SMILES string of the molecule is CCC(C)(CC(C)(C)C(=O)OCCCOc1ccc(/C=C/C(=O)OC)cc1)C(=O)OCCCOc1ccc(N(c2ccc(-c3ccc(N(c4cccc(C)c4)c4cccc(F)c4)cc3)cc2)c2cccc(F)c2)cc1. The Bertz CT molecular complexity index is 2990. The summed E-state index contributed by atoms with van der Waals surface area (Å²) in [5, 5.41) is 0. The van der Waals surface area contributed by atoms with Gasteiger partial charge < -0.3 is 33.5 Å². The van der Waals surface area contributed by atoms with Crippen LogP contribution in [0.4, 0.5) is 42.9 Å². The van der Waals surface area contributed by atoms with Crippen molar-refractivity contribution in [1.29, 1.82) is 0 Å². The highest BCUT2D eigenvalue weighted by Crippen LogP contribution is 2.41. The molecule has 12 heteroatoms. The second kappa shape index (κ2) is 25.6. The minimum Gasteiger partial charge on any atom is -0.493 e. The van der Waals surface area contributed by atoms with Crippen LogP contribution in [0.25, 0.3) is 17.2 Å². The molecule has 0 aliphatic rings. The maximum absolute atomic E-state index is 14.7. The first-order valence-corrected chi connectivity index (χ1v) is 25.1. The lowest BCUT2D eigenvalue weighted by Gasteiger charge is -2.33. The van der Waals surface area contributed by atoms with Gasteiger partial charge in [-0.15, -0.1) is 0 Å². The Kier molecular flexibility index (Phi) is 18.6. The Morgan fingerprint density at radius 2 is 0.973 bits per heavy atom. The molecule has 7 rings (SSSR count). The molecule has 7 aromatic carbocycles. The molecule has 0 fully saturated rings. The van der Waals surface area contributed by atoms with Gasteiger partial charge in [-0.25, -0.2) is 13.6 Å². The lowest BCUT2D eigenvalue weighted by molar-refractivity contribution is -0.163. The minimum absolute atomic E-state index is 0.137. The van der Waals surface area contributed by atoms with E-state index in [-0.39, 0.29) is 37.2 Å². The lowest BCUT2D eigenvalue weighted by Crippen LogP contribution is -2.39. The van der Waals surface area contributed by atoms with Gasteiger partial charge in [0.2, 0.25) is 0 Å². The van der Waals surface area contributed by atoms with Gasteiger partial charge in [0.25, 0.3) is 0 Å². The number of halogens is 2. The van der Waals surface area contributed by atoms with E-state index < -0.39 is 22.8 Å². The molecule has 1 atom stereocenters. The van der Waals surface area contributed by atoms with Crippen LogP contribution in [0.1, 0.15) is 64.5 Å². The van der Waals surface area contributed by atoms with Crippen molar-refractivity contribution in [3.63, 3.8) is 0 Å². The summed E-state index contributed by atoms with van der Waals surface area (Å²) in [5.41, 5.74) is 6.81. The highest BCUT2D eigenvalue weighted by Gasteiger charge is 2.43. The summed E-state index contributed by atoms with van der Waals surface area (Å²) < 4.78 is 56.9. The van der Waals surface area contributed by atoms with Gasteiger partial charge in [0.15, 0.2) is 0 Å². The number of anilines is 6. The van der Waals surface area contributed by atoms with Crippen LogP contribution in [0.3, 0.4) is 0 Å². The molecule has 0 spiro atoms. The molecule has 0 saturated carbocycles. The number of hydrogen-bond acceptors (Lipinski definition) is 10. The zero-order valence-electron chi connectivity index (χ0n) is 43.4. The summed E-state index contributed by atoms with van der Waals surface area (Å²) >= 11 is 0. The number of esters is 3. The summed E-state index contributed by atoms with van der Waals surface area (Å²) in [6, 6.07) is 52.1. The van der Waals surface area contributed by atoms with Crippen LogP contribution in [0.5, 0.6) is 11.5 Å². The largest absolute Gasteiger partial charge is 0.493 e. The van der Waals surface area contributed by atoms with Gasteiger partial charge in [0, 0.05) is 53.0 Å². The normalized spacial score (nSPS) is 12.1. The van der Waals surface area contributed by atoms with Gasteiger partial charge in [0.1, 0.15) is 23.1 Å². The molecule has 0 bridgehead atoms. The van der Waals surface area contributed by atoms with E-state index in [0.29, 0.717) is 55.4 Å². The summed E-state index contributed by atoms with van der Waals surface area (Å²) in [7, 11) is 1.32. The second-order valence-corrected chi connectivity index (χ2v) is 19.1. The van der Waals surface area contributed by atoms with Crippen LogP contribution in [0, 0.1) is 29.4 Å². The van der Waals surface area contributed by atoms with Gasteiger partial charge >= 0.3 is 17.9 Å². The molecule has 0 N–H and O–H groups in total. The van der Waals surface area contributed by atoms with Crippen LogP contribution >= 0.6 is 0 Å². The third-order valence-corrected chi connectivity index (χ3v) is 12.8. The van der Waals surface area contributed by atoms with Crippen molar-refractivity contribution < 1.29 is 46.8 Å². The first kappa shape index (κ1) is 54.5. The highest BCUT2D eigenvalue weighted by molar-refractivity contribution is 5.87. The molecule has 1 unspecified atom stereocenters. The Hall–Kier alpha value is -8.25. The third kappa shape index (κ3) is 14.9. The molecular weight excluding hydrogens is 951 g/mol. The predicted octanol–water partition coefficient (Wildman–Crippen LogP) is 15.2. The fourth-order valence-corrected chi connectivity index (χ4v) is 8.68. The molecule has 0 amide bonds. The first-order chi connectivity index (χ1) is 36.1. The minimum atomic E-state index is -0.950. The molecular formula is C63H64F2N2O8. The van der Waals surface area contributed by atoms with Crippen LogP contribution in [0.15, 0.2) is 176 Å². The second-order valence-electron chi connectivity index (χ2n) is 19.1. The number of carbonyl (C=O) groups is 3. The summed E-state index contributed by atoms with van der Waals surface area (Å²) in [6.45, 7) is 10.2. The van der Waals surface area contributed by atoms with E-state index >= 15 is 0 Å². The van der Waals surface area contributed by atoms with Gasteiger partial charge in [-0.3, -0.25) is 9.59 Å². The monoisotopic (exact) mass is 1010 g/mol. The van der Waals surface area contributed by atoms with Crippen molar-refractivity contribution in [2.24, 2.45) is 10.8 Å². The molecule has 75 heavy (non-hydrogen) atoms. The number of aryl methyl sites for hydroxylation is 1. The number of methoxy groups -OCH3 is 1. The average molecular weight is 1020 g/mol. The highest BCUT2D eigenvalue weighted by atomic mass is 19.1. The number of hydrogen-bond donors (Lipinski definition) is 0. The average Bonchev–Trinajstić information content (AvgIpc) is 3.41. The van der Waals surface area contributed by atoms with Crippen molar-refractivity contribution in [2.45, 2.75) is 60.3 Å². The number of rotatable bonds is 24. The fraction of sp³-hybridized carbons (Fsp3) is 0.254. The first-order valence-electron chi connectivity index (χ1n) is 25.1. The summed E-state index contributed by atoms with van der Waals surface area (Å²) in [4.78, 5) is 42.0. The van der Waals surface area contributed by atoms with Gasteiger partial charge in [-0.1, -0.05) is 67.6 Å². The van der Waals surface area contributed by atoms with Crippen molar-refractivity contribution in [3.05, 3.63) is 199 Å². The maximum atomic E-state index is 14.7. The standard InChI is InChI=1S/C63H64F2N2O8/c1-7-63(5,44-62(3,4)60(69)74-39-11-37-72-57-32-19-46(20-33-57)21-36-59(68)71-6)61(70)75-40-12-38-73-58-34-30-53(31-35-58)66(55-17-9-14-49(64)42-55)51-26-22-47(23-27-51)48-24-28-52(29-25-48)67(54-16-8-13-45(2)41-54)56-18-10-15-50(65)43-56/h8-10,13-36,41-43H,7,11-12,37-40,44H2,1-6H3/b36-21+. The molecule has 0 radical (unpaired) electrons.